The molecule has 1 nitrogen and oxygen atoms in total. The van der Waals surface area contributed by atoms with Crippen LogP contribution in [0.3, 0.4) is 0 Å². The highest BCUT2D eigenvalue weighted by atomic mass is 79.9. The first-order valence-corrected chi connectivity index (χ1v) is 14.1. The summed E-state index contributed by atoms with van der Waals surface area (Å²) in [7, 11) is 0. The highest BCUT2D eigenvalue weighted by molar-refractivity contribution is 9.10. The summed E-state index contributed by atoms with van der Waals surface area (Å²) in [6.07, 6.45) is 14.6. The minimum absolute atomic E-state index is 0.0972. The van der Waals surface area contributed by atoms with Crippen LogP contribution in [0.25, 0.3) is 0 Å². The van der Waals surface area contributed by atoms with Crippen LogP contribution in [0.15, 0.2) is 0 Å². The minimum Gasteiger partial charge on any atom is -0.298 e. The van der Waals surface area contributed by atoms with E-state index in [1.54, 1.807) is 0 Å². The molecule has 4 aliphatic rings. The standard InChI is InChI=1S/C28H47BrO/c1-18(2)8-7-9-19(3)21-10-11-22-20-12-14-26(4)17-25(30)24(29)16-28(26,6)23(20)13-15-27(21,22)5/h18-24H,7-17H2,1-6H3/t19-,20-,21-,22+,23+,24+,26-,27-,28+/m0/s1. The van der Waals surface area contributed by atoms with Crippen LogP contribution in [0.4, 0.5) is 0 Å². The number of ketones is 1. The summed E-state index contributed by atoms with van der Waals surface area (Å²) in [6.45, 7) is 15.0. The average molecular weight is 480 g/mol. The van der Waals surface area contributed by atoms with E-state index in [0.29, 0.717) is 16.6 Å². The SMILES string of the molecule is CC(C)CCC[C@H](C)[C@@H]1CC[C@@H]2[C@@H]3CC[C@@]4(C)CC(=O)[C@H](Br)C[C@]4(C)[C@@H]3CC[C@]21C. The van der Waals surface area contributed by atoms with E-state index in [9.17, 15) is 4.79 Å². The Balaban J connectivity index is 1.52. The molecule has 0 radical (unpaired) electrons. The molecule has 4 saturated carbocycles. The van der Waals surface area contributed by atoms with Crippen molar-refractivity contribution in [2.24, 2.45) is 51.8 Å². The Bertz CT molecular complexity index is 657. The van der Waals surface area contributed by atoms with Crippen LogP contribution in [0.1, 0.15) is 112 Å². The minimum atomic E-state index is 0.0972. The molecule has 0 bridgehead atoms. The van der Waals surface area contributed by atoms with Gasteiger partial charge < -0.3 is 0 Å². The predicted molar refractivity (Wildman–Crippen MR) is 131 cm³/mol. The number of fused-ring (bicyclic) bond motifs is 5. The molecule has 0 unspecified atom stereocenters. The number of alkyl halides is 1. The van der Waals surface area contributed by atoms with Gasteiger partial charge in [-0.1, -0.05) is 76.7 Å². The molecule has 0 aliphatic heterocycles. The number of hydrogen-bond donors (Lipinski definition) is 0. The molecule has 0 spiro atoms. The van der Waals surface area contributed by atoms with Crippen molar-refractivity contribution in [3.8, 4) is 0 Å². The highest BCUT2D eigenvalue weighted by Crippen LogP contribution is 2.71. The molecular weight excluding hydrogens is 432 g/mol. The Morgan fingerprint density at radius 2 is 1.70 bits per heavy atom. The van der Waals surface area contributed by atoms with Gasteiger partial charge in [0.1, 0.15) is 5.78 Å². The molecule has 0 aromatic rings. The third-order valence-corrected chi connectivity index (χ3v) is 12.2. The lowest BCUT2D eigenvalue weighted by molar-refractivity contribution is -0.162. The van der Waals surface area contributed by atoms with E-state index in [2.05, 4.69) is 57.5 Å². The topological polar surface area (TPSA) is 17.1 Å². The Hall–Kier alpha value is 0.150. The van der Waals surface area contributed by atoms with Crippen LogP contribution in [-0.2, 0) is 4.79 Å². The van der Waals surface area contributed by atoms with Crippen molar-refractivity contribution in [2.75, 3.05) is 0 Å². The fourth-order valence-corrected chi connectivity index (χ4v) is 10.2. The fourth-order valence-electron chi connectivity index (χ4n) is 9.39. The first kappa shape index (κ1) is 23.3. The van der Waals surface area contributed by atoms with Gasteiger partial charge >= 0.3 is 0 Å². The van der Waals surface area contributed by atoms with Crippen molar-refractivity contribution in [1.29, 1.82) is 0 Å². The van der Waals surface area contributed by atoms with Gasteiger partial charge in [-0.2, -0.15) is 0 Å². The predicted octanol–water partition coefficient (Wildman–Crippen LogP) is 8.44. The van der Waals surface area contributed by atoms with Crippen molar-refractivity contribution in [2.45, 2.75) is 117 Å². The number of hydrogen-bond acceptors (Lipinski definition) is 1. The summed E-state index contributed by atoms with van der Waals surface area (Å²) in [6, 6.07) is 0. The Labute approximate surface area is 195 Å². The van der Waals surface area contributed by atoms with Gasteiger partial charge in [-0.05, 0) is 96.7 Å². The maximum absolute atomic E-state index is 12.6. The van der Waals surface area contributed by atoms with E-state index in [1.165, 1.54) is 57.8 Å². The summed E-state index contributed by atoms with van der Waals surface area (Å²) < 4.78 is 0. The maximum atomic E-state index is 12.6. The molecule has 172 valence electrons. The maximum Gasteiger partial charge on any atom is 0.147 e. The molecule has 0 heterocycles. The van der Waals surface area contributed by atoms with E-state index in [4.69, 9.17) is 0 Å². The molecule has 0 aromatic heterocycles. The van der Waals surface area contributed by atoms with Gasteiger partial charge in [0.05, 0.1) is 4.83 Å². The van der Waals surface area contributed by atoms with Crippen LogP contribution in [0.2, 0.25) is 0 Å². The smallest absolute Gasteiger partial charge is 0.147 e. The molecule has 30 heavy (non-hydrogen) atoms. The van der Waals surface area contributed by atoms with Crippen molar-refractivity contribution >= 4 is 21.7 Å². The second-order valence-corrected chi connectivity index (χ2v) is 14.3. The van der Waals surface area contributed by atoms with E-state index >= 15 is 0 Å². The van der Waals surface area contributed by atoms with E-state index in [-0.39, 0.29) is 10.2 Å². The molecule has 4 fully saturated rings. The largest absolute Gasteiger partial charge is 0.298 e. The summed E-state index contributed by atoms with van der Waals surface area (Å²) >= 11 is 3.77. The summed E-state index contributed by atoms with van der Waals surface area (Å²) in [4.78, 5) is 12.7. The number of Topliss-reactive ketones (excluding diaryl/α,β-unsaturated/α-hetero) is 1. The highest BCUT2D eigenvalue weighted by Gasteiger charge is 2.64. The van der Waals surface area contributed by atoms with E-state index in [0.717, 1.165) is 48.3 Å². The zero-order valence-electron chi connectivity index (χ0n) is 20.6. The lowest BCUT2D eigenvalue weighted by Gasteiger charge is -2.65. The molecular formula is C28H47BrO. The van der Waals surface area contributed by atoms with Crippen molar-refractivity contribution < 1.29 is 4.79 Å². The first-order valence-electron chi connectivity index (χ1n) is 13.2. The van der Waals surface area contributed by atoms with Gasteiger partial charge in [0.15, 0.2) is 0 Å². The number of carbonyl (C=O) groups is 1. The molecule has 0 aromatic carbocycles. The summed E-state index contributed by atoms with van der Waals surface area (Å²) in [5.74, 6) is 5.80. The molecule has 0 saturated heterocycles. The molecule has 2 heteroatoms. The number of halogens is 1. The molecule has 4 rings (SSSR count). The molecule has 4 aliphatic carbocycles. The second kappa shape index (κ2) is 8.18. The lowest BCUT2D eigenvalue weighted by Crippen LogP contribution is -2.59. The summed E-state index contributed by atoms with van der Waals surface area (Å²) in [5.41, 5.74) is 1.13. The van der Waals surface area contributed by atoms with Gasteiger partial charge in [0.2, 0.25) is 0 Å². The van der Waals surface area contributed by atoms with Crippen molar-refractivity contribution in [3.05, 3.63) is 0 Å². The Morgan fingerprint density at radius 3 is 2.40 bits per heavy atom. The molecule has 0 N–H and O–H groups in total. The third-order valence-electron chi connectivity index (χ3n) is 11.4. The van der Waals surface area contributed by atoms with Crippen molar-refractivity contribution in [3.63, 3.8) is 0 Å². The van der Waals surface area contributed by atoms with E-state index < -0.39 is 0 Å². The number of rotatable bonds is 5. The zero-order valence-corrected chi connectivity index (χ0v) is 22.2. The zero-order chi connectivity index (χ0) is 21.9. The third kappa shape index (κ3) is 3.58. The monoisotopic (exact) mass is 478 g/mol. The Morgan fingerprint density at radius 1 is 0.967 bits per heavy atom. The van der Waals surface area contributed by atoms with Crippen molar-refractivity contribution in [1.82, 2.24) is 0 Å². The van der Waals surface area contributed by atoms with Crippen LogP contribution >= 0.6 is 15.9 Å². The van der Waals surface area contributed by atoms with Gasteiger partial charge in [0.25, 0.3) is 0 Å². The van der Waals surface area contributed by atoms with Crippen LogP contribution in [0.5, 0.6) is 0 Å². The average Bonchev–Trinajstić information content (AvgIpc) is 3.01. The second-order valence-electron chi connectivity index (χ2n) is 13.2. The molecule has 9 atom stereocenters. The van der Waals surface area contributed by atoms with Crippen LogP contribution in [0, 0.1) is 51.8 Å². The first-order chi connectivity index (χ1) is 14.0. The van der Waals surface area contributed by atoms with Gasteiger partial charge in [-0.25, -0.2) is 0 Å². The number of carbonyl (C=O) groups excluding carboxylic acids is 1. The Kier molecular flexibility index (Phi) is 6.35. The van der Waals surface area contributed by atoms with Gasteiger partial charge in [-0.3, -0.25) is 4.79 Å². The quantitative estimate of drug-likeness (QED) is 0.362. The van der Waals surface area contributed by atoms with Gasteiger partial charge in [-0.15, -0.1) is 0 Å². The fraction of sp³-hybridized carbons (Fsp3) is 0.964. The van der Waals surface area contributed by atoms with E-state index in [1.807, 2.05) is 0 Å². The van der Waals surface area contributed by atoms with Crippen LogP contribution < -0.4 is 0 Å². The normalized spacial score (nSPS) is 49.5. The van der Waals surface area contributed by atoms with Gasteiger partial charge in [0, 0.05) is 6.42 Å². The lowest BCUT2D eigenvalue weighted by atomic mass is 9.40. The molecule has 0 amide bonds. The van der Waals surface area contributed by atoms with Crippen LogP contribution in [-0.4, -0.2) is 10.6 Å². The summed E-state index contributed by atoms with van der Waals surface area (Å²) in [5, 5.41) is 0.